The molecule has 152 valence electrons. The minimum Gasteiger partial charge on any atom is -0.247 e. The molecular weight excluding hydrogens is 394 g/mol. The second kappa shape index (κ2) is 9.04. The lowest BCUT2D eigenvalue weighted by atomic mass is 9.98. The molecule has 30 heavy (non-hydrogen) atoms. The van der Waals surface area contributed by atoms with Crippen LogP contribution in [0, 0.1) is 0 Å². The lowest BCUT2D eigenvalue weighted by Crippen LogP contribution is -2.11. The van der Waals surface area contributed by atoms with E-state index in [2.05, 4.69) is 69.9 Å². The zero-order valence-electron chi connectivity index (χ0n) is 17.0. The summed E-state index contributed by atoms with van der Waals surface area (Å²) in [6.45, 7) is 4.32. The van der Waals surface area contributed by atoms with Crippen LogP contribution in [0.3, 0.4) is 0 Å². The number of aromatic nitrogens is 7. The molecule has 1 N–H and O–H groups in total. The van der Waals surface area contributed by atoms with Gasteiger partial charge in [-0.25, -0.2) is 9.67 Å². The van der Waals surface area contributed by atoms with E-state index in [4.69, 9.17) is 17.2 Å². The molecule has 8 heteroatoms. The third-order valence-corrected chi connectivity index (χ3v) is 5.33. The van der Waals surface area contributed by atoms with E-state index in [0.29, 0.717) is 18.3 Å². The number of benzene rings is 2. The van der Waals surface area contributed by atoms with E-state index in [-0.39, 0.29) is 0 Å². The Bertz CT molecular complexity index is 1120. The standard InChI is InChI=1S/C22H23N7S/c1-3-15(2)29-21(23-20(26-29)12-13-30)14-16-8-10-17(11-9-16)18-6-4-5-7-19(18)22-24-27-28-25-22/h4-11,13,15H,3,12,14H2,1-2H3,(H,24,25,27,28). The Labute approximate surface area is 180 Å². The van der Waals surface area contributed by atoms with Crippen LogP contribution in [0.15, 0.2) is 48.5 Å². The van der Waals surface area contributed by atoms with Crippen molar-refractivity contribution in [3.63, 3.8) is 0 Å². The second-order valence-corrected chi connectivity index (χ2v) is 7.50. The quantitative estimate of drug-likeness (QED) is 0.432. The highest BCUT2D eigenvalue weighted by Crippen LogP contribution is 2.30. The summed E-state index contributed by atoms with van der Waals surface area (Å²) in [6.07, 6.45) is 2.33. The molecule has 0 radical (unpaired) electrons. The van der Waals surface area contributed by atoms with Gasteiger partial charge in [0.05, 0.1) is 6.04 Å². The van der Waals surface area contributed by atoms with Gasteiger partial charge < -0.3 is 0 Å². The molecule has 0 fully saturated rings. The Kier molecular flexibility index (Phi) is 6.04. The van der Waals surface area contributed by atoms with Gasteiger partial charge in [-0.2, -0.15) is 10.3 Å². The number of hydrogen-bond acceptors (Lipinski definition) is 6. The van der Waals surface area contributed by atoms with Gasteiger partial charge in [-0.05, 0) is 40.6 Å². The van der Waals surface area contributed by atoms with Crippen LogP contribution in [0.5, 0.6) is 0 Å². The molecule has 4 aromatic rings. The van der Waals surface area contributed by atoms with Gasteiger partial charge in [-0.1, -0.05) is 67.7 Å². The molecule has 4 rings (SSSR count). The maximum absolute atomic E-state index is 4.98. The molecule has 1 atom stereocenters. The Hall–Kier alpha value is -3.26. The average Bonchev–Trinajstić information content (AvgIpc) is 3.45. The molecule has 0 spiro atoms. The van der Waals surface area contributed by atoms with Gasteiger partial charge in [0, 0.05) is 18.4 Å². The van der Waals surface area contributed by atoms with Crippen LogP contribution in [0.4, 0.5) is 0 Å². The van der Waals surface area contributed by atoms with Gasteiger partial charge in [-0.15, -0.1) is 10.2 Å². The van der Waals surface area contributed by atoms with Gasteiger partial charge in [0.15, 0.2) is 5.82 Å². The smallest absolute Gasteiger partial charge is 0.205 e. The largest absolute Gasteiger partial charge is 0.247 e. The van der Waals surface area contributed by atoms with Crippen LogP contribution in [0.25, 0.3) is 22.5 Å². The summed E-state index contributed by atoms with van der Waals surface area (Å²) >= 11 is 4.98. The van der Waals surface area contributed by atoms with E-state index in [1.54, 1.807) is 5.37 Å². The predicted molar refractivity (Wildman–Crippen MR) is 120 cm³/mol. The van der Waals surface area contributed by atoms with E-state index >= 15 is 0 Å². The van der Waals surface area contributed by atoms with Crippen LogP contribution in [-0.4, -0.2) is 40.8 Å². The first kappa shape index (κ1) is 20.0. The van der Waals surface area contributed by atoms with E-state index in [1.807, 2.05) is 22.9 Å². The topological polar surface area (TPSA) is 85.2 Å². The summed E-state index contributed by atoms with van der Waals surface area (Å²) < 4.78 is 2.04. The van der Waals surface area contributed by atoms with Crippen LogP contribution < -0.4 is 0 Å². The Morgan fingerprint density at radius 2 is 1.87 bits per heavy atom. The van der Waals surface area contributed by atoms with Crippen molar-refractivity contribution in [3.05, 3.63) is 65.7 Å². The van der Waals surface area contributed by atoms with Gasteiger partial charge in [0.2, 0.25) is 5.82 Å². The van der Waals surface area contributed by atoms with Crippen molar-refractivity contribution in [1.29, 1.82) is 0 Å². The van der Waals surface area contributed by atoms with Crippen LogP contribution in [-0.2, 0) is 12.8 Å². The average molecular weight is 418 g/mol. The number of nitrogens with zero attached hydrogens (tertiary/aromatic N) is 6. The number of H-pyrrole nitrogens is 1. The Morgan fingerprint density at radius 3 is 2.53 bits per heavy atom. The fraction of sp³-hybridized carbons (Fsp3) is 0.273. The molecular formula is C22H23N7S. The first-order valence-corrected chi connectivity index (χ1v) is 10.5. The van der Waals surface area contributed by atoms with E-state index < -0.39 is 0 Å². The predicted octanol–water partition coefficient (Wildman–Crippen LogP) is 4.23. The van der Waals surface area contributed by atoms with Crippen LogP contribution >= 0.6 is 12.2 Å². The first-order valence-electron chi connectivity index (χ1n) is 9.99. The normalized spacial score (nSPS) is 12.1. The molecule has 0 saturated carbocycles. The lowest BCUT2D eigenvalue weighted by molar-refractivity contribution is 0.459. The number of aromatic amines is 1. The minimum absolute atomic E-state index is 0.299. The number of tetrazole rings is 1. The molecule has 2 aromatic carbocycles. The highest BCUT2D eigenvalue weighted by molar-refractivity contribution is 7.78. The summed E-state index contributed by atoms with van der Waals surface area (Å²) in [6, 6.07) is 16.9. The monoisotopic (exact) mass is 417 g/mol. The molecule has 0 bridgehead atoms. The van der Waals surface area contributed by atoms with Crippen LogP contribution in [0.2, 0.25) is 0 Å². The molecule has 1 unspecified atom stereocenters. The number of rotatable bonds is 8. The molecule has 7 nitrogen and oxygen atoms in total. The third-order valence-electron chi connectivity index (χ3n) is 5.16. The highest BCUT2D eigenvalue weighted by Gasteiger charge is 2.15. The van der Waals surface area contributed by atoms with Crippen molar-refractivity contribution in [2.24, 2.45) is 0 Å². The third kappa shape index (κ3) is 4.18. The fourth-order valence-corrected chi connectivity index (χ4v) is 3.55. The first-order chi connectivity index (χ1) is 14.7. The van der Waals surface area contributed by atoms with Crippen molar-refractivity contribution >= 4 is 17.6 Å². The van der Waals surface area contributed by atoms with Crippen molar-refractivity contribution in [2.75, 3.05) is 0 Å². The van der Waals surface area contributed by atoms with Crippen molar-refractivity contribution in [1.82, 2.24) is 35.4 Å². The van der Waals surface area contributed by atoms with Gasteiger partial charge in [-0.3, -0.25) is 0 Å². The summed E-state index contributed by atoms with van der Waals surface area (Å²) in [7, 11) is 0. The number of nitrogens with one attached hydrogen (secondary N) is 1. The molecule has 0 aliphatic carbocycles. The maximum atomic E-state index is 4.98. The Morgan fingerprint density at radius 1 is 1.10 bits per heavy atom. The minimum atomic E-state index is 0.299. The van der Waals surface area contributed by atoms with Crippen LogP contribution in [0.1, 0.15) is 43.5 Å². The van der Waals surface area contributed by atoms with E-state index in [0.717, 1.165) is 41.2 Å². The van der Waals surface area contributed by atoms with Gasteiger partial charge in [0.1, 0.15) is 5.82 Å². The zero-order chi connectivity index (χ0) is 20.9. The fourth-order valence-electron chi connectivity index (χ4n) is 3.40. The second-order valence-electron chi connectivity index (χ2n) is 7.17. The van der Waals surface area contributed by atoms with Crippen molar-refractivity contribution < 1.29 is 0 Å². The SMILES string of the molecule is CCC(C)n1nc(CC=S)nc1Cc1ccc(-c2ccccc2-c2nn[nH]n2)cc1. The number of thiocarbonyl (C=S) groups is 1. The van der Waals surface area contributed by atoms with E-state index in [1.165, 1.54) is 5.56 Å². The van der Waals surface area contributed by atoms with Crippen molar-refractivity contribution in [3.8, 4) is 22.5 Å². The number of hydrogen-bond donors (Lipinski definition) is 1. The summed E-state index contributed by atoms with van der Waals surface area (Å²) in [5, 5.41) is 20.8. The molecule has 2 aromatic heterocycles. The molecule has 2 heterocycles. The summed E-state index contributed by atoms with van der Waals surface area (Å²) in [5.74, 6) is 2.34. The van der Waals surface area contributed by atoms with Gasteiger partial charge >= 0.3 is 0 Å². The van der Waals surface area contributed by atoms with E-state index in [9.17, 15) is 0 Å². The zero-order valence-corrected chi connectivity index (χ0v) is 17.8. The molecule has 0 aliphatic heterocycles. The highest BCUT2D eigenvalue weighted by atomic mass is 32.1. The maximum Gasteiger partial charge on any atom is 0.205 e. The summed E-state index contributed by atoms with van der Waals surface area (Å²) in [4.78, 5) is 4.72. The molecule has 0 amide bonds. The summed E-state index contributed by atoms with van der Waals surface area (Å²) in [5.41, 5.74) is 4.29. The molecule has 0 aliphatic rings. The lowest BCUT2D eigenvalue weighted by Gasteiger charge is -2.12. The molecule has 0 saturated heterocycles. The Balaban J connectivity index is 1.61. The van der Waals surface area contributed by atoms with Crippen molar-refractivity contribution in [2.45, 2.75) is 39.2 Å². The van der Waals surface area contributed by atoms with Gasteiger partial charge in [0.25, 0.3) is 0 Å².